The first kappa shape index (κ1) is 16.1. The first-order chi connectivity index (χ1) is 9.99. The van der Waals surface area contributed by atoms with Crippen LogP contribution in [-0.2, 0) is 9.53 Å². The first-order valence-electron chi connectivity index (χ1n) is 7.84. The number of piperidine rings is 1. The van der Waals surface area contributed by atoms with Gasteiger partial charge in [-0.05, 0) is 24.7 Å². The van der Waals surface area contributed by atoms with Crippen molar-refractivity contribution in [2.45, 2.75) is 39.2 Å². The monoisotopic (exact) mass is 298 g/mol. The van der Waals surface area contributed by atoms with Crippen LogP contribution < -0.4 is 0 Å². The Kier molecular flexibility index (Phi) is 5.45. The average Bonchev–Trinajstić information content (AvgIpc) is 2.46. The van der Waals surface area contributed by atoms with Crippen LogP contribution in [0.2, 0.25) is 0 Å². The summed E-state index contributed by atoms with van der Waals surface area (Å²) in [6, 6.07) is -0.363. The van der Waals surface area contributed by atoms with Crippen molar-refractivity contribution in [2.75, 3.05) is 32.8 Å². The lowest BCUT2D eigenvalue weighted by molar-refractivity contribution is -0.139. The van der Waals surface area contributed by atoms with Gasteiger partial charge in [0, 0.05) is 19.6 Å². The van der Waals surface area contributed by atoms with Gasteiger partial charge in [0.25, 0.3) is 0 Å². The molecule has 1 atom stereocenters. The lowest BCUT2D eigenvalue weighted by Crippen LogP contribution is -2.55. The molecule has 0 aromatic heterocycles. The van der Waals surface area contributed by atoms with Crippen molar-refractivity contribution in [3.8, 4) is 0 Å². The van der Waals surface area contributed by atoms with Gasteiger partial charge in [0.2, 0.25) is 0 Å². The summed E-state index contributed by atoms with van der Waals surface area (Å²) in [4.78, 5) is 27.1. The number of nitrogens with zero attached hydrogens (tertiary/aromatic N) is 2. The summed E-state index contributed by atoms with van der Waals surface area (Å²) >= 11 is 0. The fourth-order valence-corrected chi connectivity index (χ4v) is 3.22. The molecule has 2 rings (SSSR count). The number of hydrogen-bond acceptors (Lipinski definition) is 3. The number of aliphatic carboxylic acids is 1. The molecule has 1 unspecified atom stereocenters. The maximum atomic E-state index is 12.6. The van der Waals surface area contributed by atoms with Gasteiger partial charge in [-0.25, -0.2) is 4.79 Å². The molecule has 0 bridgehead atoms. The summed E-state index contributed by atoms with van der Waals surface area (Å²) in [5.41, 5.74) is 0. The zero-order chi connectivity index (χ0) is 15.4. The van der Waals surface area contributed by atoms with Crippen molar-refractivity contribution in [3.63, 3.8) is 0 Å². The van der Waals surface area contributed by atoms with Crippen LogP contribution in [0.1, 0.15) is 33.1 Å². The zero-order valence-electron chi connectivity index (χ0n) is 13.0. The van der Waals surface area contributed by atoms with Crippen LogP contribution in [0.5, 0.6) is 0 Å². The smallest absolute Gasteiger partial charge is 0.320 e. The molecule has 0 saturated carbocycles. The molecule has 0 aromatic carbocycles. The van der Waals surface area contributed by atoms with E-state index in [4.69, 9.17) is 9.84 Å². The third kappa shape index (κ3) is 4.09. The van der Waals surface area contributed by atoms with Gasteiger partial charge in [0.15, 0.2) is 0 Å². The van der Waals surface area contributed by atoms with E-state index in [1.54, 1.807) is 4.90 Å². The van der Waals surface area contributed by atoms with Crippen LogP contribution in [0.4, 0.5) is 4.79 Å². The number of carboxylic acid groups (broad SMARTS) is 1. The van der Waals surface area contributed by atoms with Crippen LogP contribution in [0.15, 0.2) is 0 Å². The molecule has 2 fully saturated rings. The van der Waals surface area contributed by atoms with Gasteiger partial charge in [-0.2, -0.15) is 0 Å². The van der Waals surface area contributed by atoms with Gasteiger partial charge in [0.05, 0.1) is 25.7 Å². The number of urea groups is 1. The number of likely N-dealkylation sites (tertiary alicyclic amines) is 1. The number of hydrogen-bond donors (Lipinski definition) is 1. The number of ether oxygens (including phenoxy) is 1. The summed E-state index contributed by atoms with van der Waals surface area (Å²) in [5.74, 6) is 0.459. The molecular weight excluding hydrogens is 272 g/mol. The Hall–Kier alpha value is -1.30. The average molecular weight is 298 g/mol. The maximum Gasteiger partial charge on any atom is 0.320 e. The van der Waals surface area contributed by atoms with E-state index in [0.717, 1.165) is 25.9 Å². The van der Waals surface area contributed by atoms with Crippen LogP contribution in [-0.4, -0.2) is 65.8 Å². The Morgan fingerprint density at radius 2 is 1.90 bits per heavy atom. The lowest BCUT2D eigenvalue weighted by Gasteiger charge is -2.41. The molecule has 0 spiro atoms. The Balaban J connectivity index is 1.93. The molecule has 0 aliphatic carbocycles. The predicted octanol–water partition coefficient (Wildman–Crippen LogP) is 1.65. The molecule has 6 heteroatoms. The highest BCUT2D eigenvalue weighted by atomic mass is 16.5. The largest absolute Gasteiger partial charge is 0.481 e. The third-order valence-corrected chi connectivity index (χ3v) is 4.64. The maximum absolute atomic E-state index is 12.6. The molecule has 2 aliphatic heterocycles. The molecule has 2 amide bonds. The predicted molar refractivity (Wildman–Crippen MR) is 78.1 cm³/mol. The Bertz CT molecular complexity index is 378. The Morgan fingerprint density at radius 1 is 1.24 bits per heavy atom. The molecule has 0 radical (unpaired) electrons. The van der Waals surface area contributed by atoms with Gasteiger partial charge in [-0.1, -0.05) is 13.8 Å². The fraction of sp³-hybridized carbons (Fsp3) is 0.867. The van der Waals surface area contributed by atoms with Gasteiger partial charge >= 0.3 is 12.0 Å². The van der Waals surface area contributed by atoms with E-state index in [1.165, 1.54) is 0 Å². The van der Waals surface area contributed by atoms with Crippen LogP contribution in [0.3, 0.4) is 0 Å². The van der Waals surface area contributed by atoms with E-state index in [2.05, 4.69) is 13.8 Å². The Labute approximate surface area is 126 Å². The minimum Gasteiger partial charge on any atom is -0.481 e. The zero-order valence-corrected chi connectivity index (χ0v) is 13.0. The van der Waals surface area contributed by atoms with Crippen molar-refractivity contribution in [3.05, 3.63) is 0 Å². The number of carbonyl (C=O) groups excluding carboxylic acids is 1. The minimum absolute atomic E-state index is 0.0215. The second-order valence-electron chi connectivity index (χ2n) is 6.37. The van der Waals surface area contributed by atoms with Gasteiger partial charge in [0.1, 0.15) is 0 Å². The summed E-state index contributed by atoms with van der Waals surface area (Å²) in [6.07, 6.45) is 2.03. The number of amides is 2. The molecule has 2 aliphatic rings. The van der Waals surface area contributed by atoms with Gasteiger partial charge < -0.3 is 19.6 Å². The molecule has 2 saturated heterocycles. The molecule has 120 valence electrons. The van der Waals surface area contributed by atoms with E-state index in [0.29, 0.717) is 31.6 Å². The van der Waals surface area contributed by atoms with Crippen LogP contribution in [0, 0.1) is 11.8 Å². The van der Waals surface area contributed by atoms with E-state index < -0.39 is 5.97 Å². The quantitative estimate of drug-likeness (QED) is 0.860. The van der Waals surface area contributed by atoms with E-state index in [1.807, 2.05) is 4.90 Å². The first-order valence-corrected chi connectivity index (χ1v) is 7.84. The topological polar surface area (TPSA) is 70.1 Å². The van der Waals surface area contributed by atoms with Crippen molar-refractivity contribution in [2.24, 2.45) is 11.8 Å². The number of rotatable bonds is 3. The highest BCUT2D eigenvalue weighted by Gasteiger charge is 2.33. The molecule has 2 heterocycles. The third-order valence-electron chi connectivity index (χ3n) is 4.64. The van der Waals surface area contributed by atoms with Crippen LogP contribution in [0.25, 0.3) is 0 Å². The van der Waals surface area contributed by atoms with Gasteiger partial charge in [-0.15, -0.1) is 0 Å². The fourth-order valence-electron chi connectivity index (χ4n) is 3.22. The highest BCUT2D eigenvalue weighted by Crippen LogP contribution is 2.25. The standard InChI is InChI=1S/C15H26N2O4/c1-11(2)12-3-5-16(6-4-12)15(20)17-7-8-21-10-13(17)9-14(18)19/h11-13H,3-10H2,1-2H3,(H,18,19). The Morgan fingerprint density at radius 3 is 2.48 bits per heavy atom. The number of carboxylic acids is 1. The highest BCUT2D eigenvalue weighted by molar-refractivity contribution is 5.76. The second kappa shape index (κ2) is 7.11. The number of morpholine rings is 1. The van der Waals surface area contributed by atoms with E-state index >= 15 is 0 Å². The number of carbonyl (C=O) groups is 2. The van der Waals surface area contributed by atoms with Crippen molar-refractivity contribution in [1.29, 1.82) is 0 Å². The summed E-state index contributed by atoms with van der Waals surface area (Å²) in [6.45, 7) is 7.31. The lowest BCUT2D eigenvalue weighted by atomic mass is 9.87. The van der Waals surface area contributed by atoms with Crippen LogP contribution >= 0.6 is 0 Å². The SMILES string of the molecule is CC(C)C1CCN(C(=O)N2CCOCC2CC(=O)O)CC1. The molecule has 1 N–H and O–H groups in total. The summed E-state index contributed by atoms with van der Waals surface area (Å²) in [5, 5.41) is 8.96. The normalized spacial score (nSPS) is 24.4. The molecular formula is C15H26N2O4. The summed E-state index contributed by atoms with van der Waals surface area (Å²) < 4.78 is 5.32. The van der Waals surface area contributed by atoms with Crippen molar-refractivity contribution < 1.29 is 19.4 Å². The molecule has 6 nitrogen and oxygen atoms in total. The van der Waals surface area contributed by atoms with E-state index in [9.17, 15) is 9.59 Å². The minimum atomic E-state index is -0.887. The second-order valence-corrected chi connectivity index (χ2v) is 6.37. The van der Waals surface area contributed by atoms with Gasteiger partial charge in [-0.3, -0.25) is 4.79 Å². The van der Waals surface area contributed by atoms with E-state index in [-0.39, 0.29) is 18.5 Å². The van der Waals surface area contributed by atoms with Crippen molar-refractivity contribution in [1.82, 2.24) is 9.80 Å². The summed E-state index contributed by atoms with van der Waals surface area (Å²) in [7, 11) is 0. The molecule has 0 aromatic rings. The van der Waals surface area contributed by atoms with Crippen molar-refractivity contribution >= 4 is 12.0 Å². The molecule has 21 heavy (non-hydrogen) atoms.